The Labute approximate surface area is 200 Å². The van der Waals surface area contributed by atoms with Crippen LogP contribution in [0.15, 0.2) is 42.5 Å². The summed E-state index contributed by atoms with van der Waals surface area (Å²) in [7, 11) is 0. The molecule has 7 heteroatoms. The van der Waals surface area contributed by atoms with Crippen LogP contribution in [0.4, 0.5) is 8.78 Å². The van der Waals surface area contributed by atoms with Gasteiger partial charge in [0, 0.05) is 19.6 Å². The molecule has 0 unspecified atom stereocenters. The third kappa shape index (κ3) is 6.54. The van der Waals surface area contributed by atoms with Crippen LogP contribution in [0.2, 0.25) is 0 Å². The van der Waals surface area contributed by atoms with E-state index in [1.165, 1.54) is 24.3 Å². The minimum absolute atomic E-state index is 0.157. The van der Waals surface area contributed by atoms with Crippen molar-refractivity contribution in [2.75, 3.05) is 32.7 Å². The number of hydrogen-bond donors (Lipinski definition) is 1. The van der Waals surface area contributed by atoms with Crippen molar-refractivity contribution in [1.29, 1.82) is 0 Å². The molecule has 2 fully saturated rings. The van der Waals surface area contributed by atoms with Crippen LogP contribution in [0, 0.1) is 24.5 Å². The monoisotopic (exact) mass is 472 g/mol. The molecule has 0 aromatic heterocycles. The zero-order chi connectivity index (χ0) is 24.1. The van der Waals surface area contributed by atoms with Crippen LogP contribution < -0.4 is 4.74 Å². The molecular formula is C27H34F2N2O3. The van der Waals surface area contributed by atoms with Crippen molar-refractivity contribution in [3.8, 4) is 5.75 Å². The first-order chi connectivity index (χ1) is 16.4. The fourth-order valence-electron chi connectivity index (χ4n) is 5.16. The summed E-state index contributed by atoms with van der Waals surface area (Å²) >= 11 is 0. The van der Waals surface area contributed by atoms with E-state index in [-0.39, 0.29) is 17.7 Å². The average molecular weight is 473 g/mol. The van der Waals surface area contributed by atoms with E-state index in [4.69, 9.17) is 4.74 Å². The highest BCUT2D eigenvalue weighted by Crippen LogP contribution is 2.26. The number of aryl methyl sites for hydroxylation is 1. The summed E-state index contributed by atoms with van der Waals surface area (Å²) in [5, 5.41) is 9.78. The van der Waals surface area contributed by atoms with Crippen molar-refractivity contribution in [2.45, 2.75) is 51.2 Å². The Hall–Kier alpha value is -2.51. The summed E-state index contributed by atoms with van der Waals surface area (Å²) in [6.45, 7) is 6.40. The number of carbonyl (C=O) groups is 1. The fraction of sp³-hybridized carbons (Fsp3) is 0.519. The molecule has 4 rings (SSSR count). The van der Waals surface area contributed by atoms with Crippen molar-refractivity contribution in [3.05, 3.63) is 65.2 Å². The zero-order valence-corrected chi connectivity index (χ0v) is 19.8. The van der Waals surface area contributed by atoms with Crippen molar-refractivity contribution in [2.24, 2.45) is 5.92 Å². The quantitative estimate of drug-likeness (QED) is 0.612. The van der Waals surface area contributed by atoms with Gasteiger partial charge in [0.05, 0.1) is 0 Å². The van der Waals surface area contributed by atoms with Crippen molar-refractivity contribution in [1.82, 2.24) is 9.80 Å². The van der Waals surface area contributed by atoms with Crippen molar-refractivity contribution < 1.29 is 23.4 Å². The Morgan fingerprint density at radius 3 is 2.26 bits per heavy atom. The van der Waals surface area contributed by atoms with Crippen LogP contribution in [0.5, 0.6) is 5.75 Å². The lowest BCUT2D eigenvalue weighted by Crippen LogP contribution is -2.48. The molecule has 2 saturated heterocycles. The van der Waals surface area contributed by atoms with E-state index in [0.29, 0.717) is 12.3 Å². The van der Waals surface area contributed by atoms with Gasteiger partial charge in [0.1, 0.15) is 29.5 Å². The highest BCUT2D eigenvalue weighted by Gasteiger charge is 2.31. The van der Waals surface area contributed by atoms with Gasteiger partial charge in [-0.05, 0) is 99.5 Å². The van der Waals surface area contributed by atoms with Gasteiger partial charge in [0.2, 0.25) is 0 Å². The van der Waals surface area contributed by atoms with Crippen LogP contribution >= 0.6 is 0 Å². The summed E-state index contributed by atoms with van der Waals surface area (Å²) in [5.74, 6) is -0.0381. The summed E-state index contributed by atoms with van der Waals surface area (Å²) < 4.78 is 32.6. The number of ether oxygens (including phenoxy) is 1. The Balaban J connectivity index is 1.21. The van der Waals surface area contributed by atoms with E-state index >= 15 is 0 Å². The maximum atomic E-state index is 13.3. The second-order valence-corrected chi connectivity index (χ2v) is 9.69. The molecule has 34 heavy (non-hydrogen) atoms. The first-order valence-corrected chi connectivity index (χ1v) is 12.2. The van der Waals surface area contributed by atoms with E-state index in [1.54, 1.807) is 18.2 Å². The van der Waals surface area contributed by atoms with Gasteiger partial charge in [0.15, 0.2) is 0 Å². The topological polar surface area (TPSA) is 53.0 Å². The Bertz CT molecular complexity index is 953. The van der Waals surface area contributed by atoms with E-state index in [1.807, 2.05) is 6.92 Å². The third-order valence-corrected chi connectivity index (χ3v) is 7.20. The first-order valence-electron chi connectivity index (χ1n) is 12.2. The number of carboxylic acid groups (broad SMARTS) is 1. The van der Waals surface area contributed by atoms with Gasteiger partial charge in [-0.25, -0.2) is 8.78 Å². The molecule has 184 valence electrons. The van der Waals surface area contributed by atoms with E-state index in [9.17, 15) is 18.7 Å². The van der Waals surface area contributed by atoms with Crippen molar-refractivity contribution >= 4 is 5.97 Å². The summed E-state index contributed by atoms with van der Waals surface area (Å²) in [6.07, 6.45) is 4.42. The molecule has 0 amide bonds. The maximum absolute atomic E-state index is 13.3. The summed E-state index contributed by atoms with van der Waals surface area (Å²) in [4.78, 5) is 16.5. The van der Waals surface area contributed by atoms with Gasteiger partial charge >= 0.3 is 5.97 Å². The minimum Gasteiger partial charge on any atom is -0.490 e. The number of benzene rings is 2. The SMILES string of the molecule is Cc1cc(F)ccc1OC1CCN(CC2CCN([C@@H](Cc3ccc(F)cc3)C(=O)O)CC2)CC1. The van der Waals surface area contributed by atoms with Crippen LogP contribution in [-0.4, -0.2) is 65.7 Å². The molecule has 2 aliphatic rings. The molecule has 0 spiro atoms. The number of aliphatic carboxylic acids is 1. The molecule has 2 heterocycles. The second kappa shape index (κ2) is 11.3. The highest BCUT2D eigenvalue weighted by molar-refractivity contribution is 5.74. The Morgan fingerprint density at radius 1 is 1.00 bits per heavy atom. The van der Waals surface area contributed by atoms with Gasteiger partial charge < -0.3 is 14.7 Å². The Kier molecular flexibility index (Phi) is 8.16. The van der Waals surface area contributed by atoms with Crippen LogP contribution in [0.25, 0.3) is 0 Å². The molecule has 0 radical (unpaired) electrons. The number of halogens is 2. The third-order valence-electron chi connectivity index (χ3n) is 7.20. The first kappa shape index (κ1) is 24.6. The number of likely N-dealkylation sites (tertiary alicyclic amines) is 2. The standard InChI is InChI=1S/C27H34F2N2O3/c1-19-16-23(29)6-7-26(19)34-24-10-12-30(13-11-24)18-21-8-14-31(15-9-21)25(27(32)33)17-20-2-4-22(28)5-3-20/h2-7,16,21,24-25H,8-15,17-18H2,1H3,(H,32,33)/t25-/m0/s1. The van der Waals surface area contributed by atoms with Gasteiger partial charge in [0.25, 0.3) is 0 Å². The smallest absolute Gasteiger partial charge is 0.321 e. The van der Waals surface area contributed by atoms with Gasteiger partial charge in [-0.2, -0.15) is 0 Å². The molecule has 1 N–H and O–H groups in total. The number of hydrogen-bond acceptors (Lipinski definition) is 4. The molecule has 1 atom stereocenters. The lowest BCUT2D eigenvalue weighted by Gasteiger charge is -2.39. The minimum atomic E-state index is -0.818. The van der Waals surface area contributed by atoms with E-state index < -0.39 is 12.0 Å². The summed E-state index contributed by atoms with van der Waals surface area (Å²) in [5.41, 5.74) is 1.67. The summed E-state index contributed by atoms with van der Waals surface area (Å²) in [6, 6.07) is 10.2. The van der Waals surface area contributed by atoms with E-state index in [2.05, 4.69) is 9.80 Å². The molecule has 0 aliphatic carbocycles. The molecule has 2 aromatic carbocycles. The molecule has 5 nitrogen and oxygen atoms in total. The van der Waals surface area contributed by atoms with Crippen LogP contribution in [0.3, 0.4) is 0 Å². The molecule has 2 aromatic rings. The predicted octanol–water partition coefficient (Wildman–Crippen LogP) is 4.52. The second-order valence-electron chi connectivity index (χ2n) is 9.69. The van der Waals surface area contributed by atoms with Gasteiger partial charge in [-0.1, -0.05) is 12.1 Å². The van der Waals surface area contributed by atoms with E-state index in [0.717, 1.165) is 75.3 Å². The van der Waals surface area contributed by atoms with Crippen LogP contribution in [0.1, 0.15) is 36.8 Å². The van der Waals surface area contributed by atoms with Gasteiger partial charge in [-0.3, -0.25) is 9.69 Å². The van der Waals surface area contributed by atoms with Crippen molar-refractivity contribution in [3.63, 3.8) is 0 Å². The molecular weight excluding hydrogens is 438 g/mol. The predicted molar refractivity (Wildman–Crippen MR) is 127 cm³/mol. The number of rotatable bonds is 8. The zero-order valence-electron chi connectivity index (χ0n) is 19.8. The Morgan fingerprint density at radius 2 is 1.65 bits per heavy atom. The highest BCUT2D eigenvalue weighted by atomic mass is 19.1. The van der Waals surface area contributed by atoms with Crippen LogP contribution in [-0.2, 0) is 11.2 Å². The van der Waals surface area contributed by atoms with Gasteiger partial charge in [-0.15, -0.1) is 0 Å². The maximum Gasteiger partial charge on any atom is 0.321 e. The largest absolute Gasteiger partial charge is 0.490 e. The average Bonchev–Trinajstić information content (AvgIpc) is 2.82. The molecule has 0 bridgehead atoms. The fourth-order valence-corrected chi connectivity index (χ4v) is 5.16. The molecule has 2 aliphatic heterocycles. The lowest BCUT2D eigenvalue weighted by molar-refractivity contribution is -0.144. The number of nitrogens with zero attached hydrogens (tertiary/aromatic N) is 2. The normalized spacial score (nSPS) is 19.7. The lowest BCUT2D eigenvalue weighted by atomic mass is 9.93. The number of piperidine rings is 2. The molecule has 0 saturated carbocycles. The number of carboxylic acids is 1.